The lowest BCUT2D eigenvalue weighted by molar-refractivity contribution is -0.125. The summed E-state index contributed by atoms with van der Waals surface area (Å²) in [6.45, 7) is 6.48. The molecule has 2 aliphatic heterocycles. The summed E-state index contributed by atoms with van der Waals surface area (Å²) in [4.78, 5) is 21.2. The Morgan fingerprint density at radius 1 is 1.07 bits per heavy atom. The van der Waals surface area contributed by atoms with Gasteiger partial charge in [0.05, 0.1) is 5.69 Å². The number of carbonyl (C=O) groups excluding carboxylic acids is 1. The molecule has 0 N–H and O–H groups in total. The Morgan fingerprint density at radius 2 is 1.73 bits per heavy atom. The summed E-state index contributed by atoms with van der Waals surface area (Å²) in [6.07, 6.45) is 1.49. The smallest absolute Gasteiger partial charge is 0.286 e. The molecular formula is C20H22ClN5O3S. The normalized spacial score (nSPS) is 18.9. The summed E-state index contributed by atoms with van der Waals surface area (Å²) in [6, 6.07) is 10.1. The number of hydrazone groups is 1. The highest BCUT2D eigenvalue weighted by Gasteiger charge is 2.41. The number of aromatic nitrogens is 1. The lowest BCUT2D eigenvalue weighted by atomic mass is 10.2. The van der Waals surface area contributed by atoms with E-state index in [0.717, 1.165) is 0 Å². The largest absolute Gasteiger partial charge is 0.334 e. The molecule has 0 spiro atoms. The molecule has 1 saturated heterocycles. The number of pyridine rings is 1. The molecule has 4 rings (SSSR count). The number of hydrogen-bond acceptors (Lipinski definition) is 7. The number of piperazine rings is 1. The molecule has 3 heterocycles. The molecule has 30 heavy (non-hydrogen) atoms. The molecule has 0 atom stereocenters. The quantitative estimate of drug-likeness (QED) is 0.718. The number of hydrogen-bond donors (Lipinski definition) is 0. The first kappa shape index (κ1) is 20.8. The van der Waals surface area contributed by atoms with Crippen LogP contribution >= 0.6 is 11.6 Å². The molecule has 8 nitrogen and oxygen atoms in total. The Kier molecular flexibility index (Phi) is 5.52. The van der Waals surface area contributed by atoms with Crippen LogP contribution in [0.15, 0.2) is 52.6 Å². The number of halogens is 1. The molecule has 1 aromatic carbocycles. The number of anilines is 2. The second-order valence-electron chi connectivity index (χ2n) is 7.44. The monoisotopic (exact) mass is 447 g/mol. The van der Waals surface area contributed by atoms with Gasteiger partial charge in [0.15, 0.2) is 5.82 Å². The van der Waals surface area contributed by atoms with Crippen LogP contribution in [0.1, 0.15) is 13.8 Å². The first-order chi connectivity index (χ1) is 14.3. The van der Waals surface area contributed by atoms with E-state index in [-0.39, 0.29) is 10.7 Å². The van der Waals surface area contributed by atoms with Gasteiger partial charge in [-0.15, -0.1) is 5.10 Å². The molecule has 0 aliphatic carbocycles. The van der Waals surface area contributed by atoms with Gasteiger partial charge in [0.2, 0.25) is 14.9 Å². The zero-order valence-corrected chi connectivity index (χ0v) is 18.3. The SMILES string of the molecule is CC(C)N1CCN(C(=O)C2=NN(c3ccc(Cl)cc3)c3ncccc3S2(=O)=O)CC1. The van der Waals surface area contributed by atoms with Crippen LogP contribution in [0, 0.1) is 0 Å². The maximum absolute atomic E-state index is 13.2. The average molecular weight is 448 g/mol. The molecule has 1 amide bonds. The van der Waals surface area contributed by atoms with Crippen LogP contribution in [-0.2, 0) is 14.6 Å². The highest BCUT2D eigenvalue weighted by Crippen LogP contribution is 2.35. The first-order valence-corrected chi connectivity index (χ1v) is 11.5. The van der Waals surface area contributed by atoms with E-state index in [0.29, 0.717) is 42.9 Å². The standard InChI is InChI=1S/C20H22ClN5O3S/c1-14(2)24-10-12-25(13-11-24)20(27)19-23-26(16-7-5-15(21)6-8-16)18-17(30(19,28)29)4-3-9-22-18/h3-9,14H,10-13H2,1-2H3. The summed E-state index contributed by atoms with van der Waals surface area (Å²) in [7, 11) is -4.10. The van der Waals surface area contributed by atoms with Crippen LogP contribution in [-0.4, -0.2) is 66.4 Å². The van der Waals surface area contributed by atoms with Crippen LogP contribution in [0.25, 0.3) is 0 Å². The fraction of sp³-hybridized carbons (Fsp3) is 0.350. The van der Waals surface area contributed by atoms with Crippen molar-refractivity contribution in [3.63, 3.8) is 0 Å². The van der Waals surface area contributed by atoms with Gasteiger partial charge in [-0.05, 0) is 50.2 Å². The lowest BCUT2D eigenvalue weighted by Crippen LogP contribution is -2.53. The summed E-state index contributed by atoms with van der Waals surface area (Å²) in [5.41, 5.74) is 0.559. The van der Waals surface area contributed by atoms with Gasteiger partial charge in [-0.2, -0.15) is 0 Å². The molecule has 0 unspecified atom stereocenters. The van der Waals surface area contributed by atoms with E-state index in [4.69, 9.17) is 11.6 Å². The average Bonchev–Trinajstić information content (AvgIpc) is 2.74. The van der Waals surface area contributed by atoms with Crippen molar-refractivity contribution >= 4 is 43.9 Å². The number of carbonyl (C=O) groups is 1. The lowest BCUT2D eigenvalue weighted by Gasteiger charge is -2.37. The van der Waals surface area contributed by atoms with Gasteiger partial charge in [-0.25, -0.2) is 18.4 Å². The van der Waals surface area contributed by atoms with Gasteiger partial charge < -0.3 is 4.90 Å². The Balaban J connectivity index is 1.73. The number of amides is 1. The van der Waals surface area contributed by atoms with Crippen molar-refractivity contribution in [2.45, 2.75) is 24.8 Å². The van der Waals surface area contributed by atoms with E-state index in [9.17, 15) is 13.2 Å². The molecule has 1 aromatic heterocycles. The minimum atomic E-state index is -4.10. The van der Waals surface area contributed by atoms with Crippen LogP contribution in [0.5, 0.6) is 0 Å². The van der Waals surface area contributed by atoms with Gasteiger partial charge in [-0.1, -0.05) is 11.6 Å². The predicted molar refractivity (Wildman–Crippen MR) is 116 cm³/mol. The van der Waals surface area contributed by atoms with E-state index < -0.39 is 20.8 Å². The minimum Gasteiger partial charge on any atom is -0.334 e. The maximum Gasteiger partial charge on any atom is 0.286 e. The summed E-state index contributed by atoms with van der Waals surface area (Å²) in [5.74, 6) is -0.437. The Bertz CT molecular complexity index is 1090. The fourth-order valence-electron chi connectivity index (χ4n) is 3.54. The van der Waals surface area contributed by atoms with Gasteiger partial charge in [0.25, 0.3) is 5.91 Å². The number of sulfone groups is 1. The van der Waals surface area contributed by atoms with Crippen LogP contribution in [0.3, 0.4) is 0 Å². The number of benzene rings is 1. The Hall–Kier alpha value is -2.49. The highest BCUT2D eigenvalue weighted by atomic mass is 35.5. The first-order valence-electron chi connectivity index (χ1n) is 9.67. The van der Waals surface area contributed by atoms with Crippen LogP contribution in [0.2, 0.25) is 5.02 Å². The second-order valence-corrected chi connectivity index (χ2v) is 9.71. The van der Waals surface area contributed by atoms with Crippen LogP contribution < -0.4 is 5.01 Å². The van der Waals surface area contributed by atoms with Crippen molar-refractivity contribution < 1.29 is 13.2 Å². The van der Waals surface area contributed by atoms with Gasteiger partial charge in [-0.3, -0.25) is 9.69 Å². The molecule has 10 heteroatoms. The third-order valence-electron chi connectivity index (χ3n) is 5.27. The van der Waals surface area contributed by atoms with E-state index in [2.05, 4.69) is 28.8 Å². The highest BCUT2D eigenvalue weighted by molar-refractivity contribution is 8.08. The maximum atomic E-state index is 13.2. The number of nitrogens with zero attached hydrogens (tertiary/aromatic N) is 5. The molecule has 0 bridgehead atoms. The van der Waals surface area contributed by atoms with E-state index in [1.807, 2.05) is 0 Å². The Morgan fingerprint density at radius 3 is 2.37 bits per heavy atom. The second kappa shape index (κ2) is 7.98. The summed E-state index contributed by atoms with van der Waals surface area (Å²) < 4.78 is 26.4. The molecular weight excluding hydrogens is 426 g/mol. The van der Waals surface area contributed by atoms with Crippen LogP contribution in [0.4, 0.5) is 11.5 Å². The summed E-state index contributed by atoms with van der Waals surface area (Å²) in [5, 5.41) is 5.68. The number of rotatable bonds is 3. The van der Waals surface area contributed by atoms with E-state index in [1.165, 1.54) is 23.3 Å². The van der Waals surface area contributed by atoms with E-state index >= 15 is 0 Å². The topological polar surface area (TPSA) is 86.2 Å². The molecule has 2 aliphatic rings. The van der Waals surface area contributed by atoms with Crippen molar-refractivity contribution in [1.82, 2.24) is 14.8 Å². The molecule has 0 saturated carbocycles. The predicted octanol–water partition coefficient (Wildman–Crippen LogP) is 2.53. The molecule has 158 valence electrons. The molecule has 0 radical (unpaired) electrons. The van der Waals surface area contributed by atoms with E-state index in [1.54, 1.807) is 29.2 Å². The van der Waals surface area contributed by atoms with Crippen molar-refractivity contribution in [2.24, 2.45) is 5.10 Å². The third kappa shape index (κ3) is 3.68. The Labute approximate surface area is 180 Å². The van der Waals surface area contributed by atoms with Crippen molar-refractivity contribution in [2.75, 3.05) is 31.2 Å². The zero-order chi connectivity index (χ0) is 21.5. The van der Waals surface area contributed by atoms with Crippen molar-refractivity contribution in [3.05, 3.63) is 47.6 Å². The summed E-state index contributed by atoms with van der Waals surface area (Å²) >= 11 is 5.98. The van der Waals surface area contributed by atoms with Gasteiger partial charge in [0, 0.05) is 43.4 Å². The van der Waals surface area contributed by atoms with Crippen molar-refractivity contribution in [1.29, 1.82) is 0 Å². The number of fused-ring (bicyclic) bond motifs is 1. The fourth-order valence-corrected chi connectivity index (χ4v) is 5.06. The van der Waals surface area contributed by atoms with Gasteiger partial charge >= 0.3 is 0 Å². The molecule has 2 aromatic rings. The molecule has 1 fully saturated rings. The third-order valence-corrected chi connectivity index (χ3v) is 7.19. The van der Waals surface area contributed by atoms with Gasteiger partial charge in [0.1, 0.15) is 4.90 Å². The van der Waals surface area contributed by atoms with Crippen molar-refractivity contribution in [3.8, 4) is 0 Å². The minimum absolute atomic E-state index is 0.0425. The zero-order valence-electron chi connectivity index (χ0n) is 16.7.